The fourth-order valence-corrected chi connectivity index (χ4v) is 2.98. The number of nitrogens with one attached hydrogen (secondary N) is 2. The van der Waals surface area contributed by atoms with Gasteiger partial charge >= 0.3 is 6.03 Å². The van der Waals surface area contributed by atoms with Gasteiger partial charge in [0, 0.05) is 11.0 Å². The number of carbonyl (C=O) groups is 1. The van der Waals surface area contributed by atoms with Crippen LogP contribution >= 0.6 is 27.3 Å². The Bertz CT molecular complexity index is 567. The first-order chi connectivity index (χ1) is 8.10. The molecule has 2 rings (SSSR count). The minimum Gasteiger partial charge on any atom is -0.338 e. The summed E-state index contributed by atoms with van der Waals surface area (Å²) in [4.78, 5) is 15.7. The van der Waals surface area contributed by atoms with Gasteiger partial charge in [0.1, 0.15) is 0 Å². The van der Waals surface area contributed by atoms with Crippen LogP contribution in [0.4, 0.5) is 9.93 Å². The summed E-state index contributed by atoms with van der Waals surface area (Å²) < 4.78 is 2.09. The highest BCUT2D eigenvalue weighted by atomic mass is 79.9. The van der Waals surface area contributed by atoms with Crippen molar-refractivity contribution in [1.29, 1.82) is 0 Å². The van der Waals surface area contributed by atoms with Crippen molar-refractivity contribution in [3.05, 3.63) is 22.2 Å². The van der Waals surface area contributed by atoms with Crippen LogP contribution in [0.1, 0.15) is 12.5 Å². The van der Waals surface area contributed by atoms with E-state index in [-0.39, 0.29) is 6.03 Å². The maximum atomic E-state index is 11.4. The number of benzene rings is 1. The molecule has 4 nitrogen and oxygen atoms in total. The molecule has 0 saturated carbocycles. The number of hydrogen-bond acceptors (Lipinski definition) is 3. The van der Waals surface area contributed by atoms with Gasteiger partial charge in [-0.1, -0.05) is 27.3 Å². The Morgan fingerprint density at radius 2 is 2.29 bits per heavy atom. The molecule has 2 aromatic rings. The molecule has 6 heteroatoms. The molecule has 0 unspecified atom stereocenters. The lowest BCUT2D eigenvalue weighted by atomic mass is 10.2. The Morgan fingerprint density at radius 1 is 1.53 bits per heavy atom. The van der Waals surface area contributed by atoms with Crippen LogP contribution in [-0.4, -0.2) is 17.6 Å². The van der Waals surface area contributed by atoms with Gasteiger partial charge in [-0.3, -0.25) is 5.32 Å². The largest absolute Gasteiger partial charge is 0.338 e. The third-order valence-corrected chi connectivity index (χ3v) is 3.78. The summed E-state index contributed by atoms with van der Waals surface area (Å²) in [6, 6.07) is 3.77. The number of aryl methyl sites for hydroxylation is 1. The quantitative estimate of drug-likeness (QED) is 0.891. The SMILES string of the molecule is CCNC(=O)Nc1nc2cc(Br)cc(C)c2s1. The Kier molecular flexibility index (Phi) is 3.63. The van der Waals surface area contributed by atoms with Crippen LogP contribution in [0.3, 0.4) is 0 Å². The maximum absolute atomic E-state index is 11.4. The molecular formula is C11H12BrN3OS. The smallest absolute Gasteiger partial charge is 0.321 e. The minimum atomic E-state index is -0.219. The molecule has 0 aliphatic heterocycles. The first kappa shape index (κ1) is 12.3. The third kappa shape index (κ3) is 2.76. The fraction of sp³-hybridized carbons (Fsp3) is 0.273. The predicted molar refractivity (Wildman–Crippen MR) is 74.8 cm³/mol. The van der Waals surface area contributed by atoms with E-state index < -0.39 is 0 Å². The van der Waals surface area contributed by atoms with Crippen molar-refractivity contribution in [2.24, 2.45) is 0 Å². The van der Waals surface area contributed by atoms with E-state index in [1.807, 2.05) is 26.0 Å². The number of halogens is 1. The monoisotopic (exact) mass is 313 g/mol. The average Bonchev–Trinajstić information content (AvgIpc) is 2.60. The van der Waals surface area contributed by atoms with Crippen LogP contribution in [0.25, 0.3) is 10.2 Å². The summed E-state index contributed by atoms with van der Waals surface area (Å²) in [6.07, 6.45) is 0. The molecule has 90 valence electrons. The number of rotatable bonds is 2. The highest BCUT2D eigenvalue weighted by molar-refractivity contribution is 9.10. The first-order valence-corrected chi connectivity index (χ1v) is 6.82. The molecule has 2 amide bonds. The van der Waals surface area contributed by atoms with Crippen molar-refractivity contribution < 1.29 is 4.79 Å². The van der Waals surface area contributed by atoms with Crippen molar-refractivity contribution in [2.75, 3.05) is 11.9 Å². The summed E-state index contributed by atoms with van der Waals surface area (Å²) in [5.74, 6) is 0. The standard InChI is InChI=1S/C11H12BrN3OS/c1-3-13-10(16)15-11-14-8-5-7(12)4-6(2)9(8)17-11/h4-5H,3H2,1-2H3,(H2,13,14,15,16). The van der Waals surface area contributed by atoms with Crippen molar-refractivity contribution in [1.82, 2.24) is 10.3 Å². The number of hydrogen-bond donors (Lipinski definition) is 2. The summed E-state index contributed by atoms with van der Waals surface area (Å²) in [6.45, 7) is 4.50. The van der Waals surface area contributed by atoms with Crippen LogP contribution in [0.5, 0.6) is 0 Å². The summed E-state index contributed by atoms with van der Waals surface area (Å²) in [5, 5.41) is 6.01. The molecule has 0 radical (unpaired) electrons. The molecular weight excluding hydrogens is 302 g/mol. The van der Waals surface area contributed by atoms with Crippen molar-refractivity contribution in [3.63, 3.8) is 0 Å². The van der Waals surface area contributed by atoms with Crippen LogP contribution in [0.15, 0.2) is 16.6 Å². The predicted octanol–water partition coefficient (Wildman–Crippen LogP) is 3.51. The van der Waals surface area contributed by atoms with E-state index in [0.717, 1.165) is 20.3 Å². The van der Waals surface area contributed by atoms with E-state index in [1.54, 1.807) is 0 Å². The number of aromatic nitrogens is 1. The van der Waals surface area contributed by atoms with E-state index in [1.165, 1.54) is 11.3 Å². The van der Waals surface area contributed by atoms with E-state index in [2.05, 4.69) is 31.5 Å². The Morgan fingerprint density at radius 3 is 3.00 bits per heavy atom. The number of fused-ring (bicyclic) bond motifs is 1. The number of urea groups is 1. The number of anilines is 1. The van der Waals surface area contributed by atoms with E-state index in [9.17, 15) is 4.79 Å². The van der Waals surface area contributed by atoms with Crippen molar-refractivity contribution >= 4 is 48.6 Å². The van der Waals surface area contributed by atoms with Gasteiger partial charge in [-0.2, -0.15) is 0 Å². The lowest BCUT2D eigenvalue weighted by Gasteiger charge is -2.00. The van der Waals surface area contributed by atoms with Crippen molar-refractivity contribution in [3.8, 4) is 0 Å². The van der Waals surface area contributed by atoms with Crippen LogP contribution in [0.2, 0.25) is 0 Å². The number of carbonyl (C=O) groups excluding carboxylic acids is 1. The van der Waals surface area contributed by atoms with Gasteiger partial charge in [0.05, 0.1) is 10.2 Å². The lowest BCUT2D eigenvalue weighted by molar-refractivity contribution is 0.252. The second-order valence-corrected chi connectivity index (χ2v) is 5.49. The summed E-state index contributed by atoms with van der Waals surface area (Å²) in [7, 11) is 0. The highest BCUT2D eigenvalue weighted by Crippen LogP contribution is 2.31. The fourth-order valence-electron chi connectivity index (χ4n) is 1.51. The molecule has 0 spiro atoms. The second kappa shape index (κ2) is 5.01. The Balaban J connectivity index is 2.32. The van der Waals surface area contributed by atoms with Crippen LogP contribution in [0, 0.1) is 6.92 Å². The van der Waals surface area contributed by atoms with Crippen molar-refractivity contribution in [2.45, 2.75) is 13.8 Å². The minimum absolute atomic E-state index is 0.219. The molecule has 1 aromatic heterocycles. The Hall–Kier alpha value is -1.14. The average molecular weight is 314 g/mol. The molecule has 0 aliphatic rings. The highest BCUT2D eigenvalue weighted by Gasteiger charge is 2.09. The first-order valence-electron chi connectivity index (χ1n) is 5.21. The normalized spacial score (nSPS) is 10.5. The molecule has 0 aliphatic carbocycles. The third-order valence-electron chi connectivity index (χ3n) is 2.20. The van der Waals surface area contributed by atoms with Gasteiger partial charge in [-0.05, 0) is 31.5 Å². The number of amides is 2. The molecule has 1 aromatic carbocycles. The van der Waals surface area contributed by atoms with E-state index in [4.69, 9.17) is 0 Å². The number of thiazole rings is 1. The molecule has 2 N–H and O–H groups in total. The van der Waals surface area contributed by atoms with Gasteiger partial charge in [-0.25, -0.2) is 9.78 Å². The van der Waals surface area contributed by atoms with E-state index in [0.29, 0.717) is 11.7 Å². The van der Waals surface area contributed by atoms with Gasteiger partial charge in [0.2, 0.25) is 0 Å². The van der Waals surface area contributed by atoms with Crippen LogP contribution < -0.4 is 10.6 Å². The topological polar surface area (TPSA) is 54.0 Å². The summed E-state index contributed by atoms with van der Waals surface area (Å²) in [5.41, 5.74) is 2.05. The maximum Gasteiger partial charge on any atom is 0.321 e. The Labute approximate surface area is 112 Å². The van der Waals surface area contributed by atoms with Gasteiger partial charge in [-0.15, -0.1) is 0 Å². The molecule has 0 fully saturated rings. The zero-order valence-corrected chi connectivity index (χ0v) is 11.9. The molecule has 17 heavy (non-hydrogen) atoms. The number of nitrogens with zero attached hydrogens (tertiary/aromatic N) is 1. The van der Waals surface area contributed by atoms with Gasteiger partial charge < -0.3 is 5.32 Å². The van der Waals surface area contributed by atoms with Gasteiger partial charge in [0.15, 0.2) is 5.13 Å². The molecule has 0 atom stereocenters. The lowest BCUT2D eigenvalue weighted by Crippen LogP contribution is -2.28. The molecule has 1 heterocycles. The van der Waals surface area contributed by atoms with Gasteiger partial charge in [0.25, 0.3) is 0 Å². The zero-order chi connectivity index (χ0) is 12.4. The zero-order valence-electron chi connectivity index (χ0n) is 9.50. The van der Waals surface area contributed by atoms with E-state index >= 15 is 0 Å². The second-order valence-electron chi connectivity index (χ2n) is 3.57. The van der Waals surface area contributed by atoms with Crippen LogP contribution in [-0.2, 0) is 0 Å². The molecule has 0 bridgehead atoms. The summed E-state index contributed by atoms with van der Waals surface area (Å²) >= 11 is 4.92. The molecule has 0 saturated heterocycles.